The van der Waals surface area contributed by atoms with Crippen molar-refractivity contribution in [3.63, 3.8) is 0 Å². The molecule has 2 aromatic carbocycles. The highest BCUT2D eigenvalue weighted by Crippen LogP contribution is 2.16. The number of ether oxygens (including phenoxy) is 3. The number of rotatable bonds is 2. The average Bonchev–Trinajstić information content (AvgIpc) is 2.91. The van der Waals surface area contributed by atoms with Gasteiger partial charge in [-0.3, -0.25) is 9.59 Å². The standard InChI is InChI=1S/C27H29N3O5/c31-26-22-12-7-13-23(28-22)27(32)30-25(21-10-5-2-6-11-21)19-35-17-15-33-14-16-34-18-24(29-26)20-8-3-1-4-9-20/h1-13,24-25H,14-19H2,(H,29,31)(H,30,32)/t24-,25-/m1/s1. The minimum absolute atomic E-state index is 0.149. The third kappa shape index (κ3) is 7.19. The molecule has 2 amide bonds. The van der Waals surface area contributed by atoms with E-state index in [0.717, 1.165) is 11.1 Å². The summed E-state index contributed by atoms with van der Waals surface area (Å²) in [5.74, 6) is -0.783. The van der Waals surface area contributed by atoms with Gasteiger partial charge in [-0.25, -0.2) is 4.98 Å². The van der Waals surface area contributed by atoms with Gasteiger partial charge in [-0.15, -0.1) is 0 Å². The minimum Gasteiger partial charge on any atom is -0.377 e. The number of pyridine rings is 1. The molecule has 0 saturated carbocycles. The number of benzene rings is 2. The molecule has 8 nitrogen and oxygen atoms in total. The lowest BCUT2D eigenvalue weighted by atomic mass is 10.1. The first-order valence-corrected chi connectivity index (χ1v) is 11.6. The van der Waals surface area contributed by atoms with Crippen molar-refractivity contribution in [2.45, 2.75) is 12.1 Å². The first-order valence-electron chi connectivity index (χ1n) is 11.6. The number of fused-ring (bicyclic) bond motifs is 2. The number of carbonyl (C=O) groups is 2. The van der Waals surface area contributed by atoms with Crippen LogP contribution in [-0.2, 0) is 14.2 Å². The van der Waals surface area contributed by atoms with Gasteiger partial charge in [0.25, 0.3) is 11.8 Å². The molecule has 0 radical (unpaired) electrons. The smallest absolute Gasteiger partial charge is 0.270 e. The molecule has 2 bridgehead atoms. The molecule has 3 aromatic rings. The fraction of sp³-hybridized carbons (Fsp3) is 0.296. The second-order valence-corrected chi connectivity index (χ2v) is 8.04. The Balaban J connectivity index is 1.56. The Morgan fingerprint density at radius 1 is 0.571 bits per heavy atom. The van der Waals surface area contributed by atoms with E-state index >= 15 is 0 Å². The summed E-state index contributed by atoms with van der Waals surface area (Å²) in [6, 6.07) is 23.2. The van der Waals surface area contributed by atoms with Crippen molar-refractivity contribution in [1.29, 1.82) is 0 Å². The zero-order valence-electron chi connectivity index (χ0n) is 19.4. The van der Waals surface area contributed by atoms with Crippen LogP contribution < -0.4 is 10.6 Å². The largest absolute Gasteiger partial charge is 0.377 e. The molecule has 0 aliphatic carbocycles. The Morgan fingerprint density at radius 3 is 1.46 bits per heavy atom. The van der Waals surface area contributed by atoms with Gasteiger partial charge in [0.15, 0.2) is 0 Å². The van der Waals surface area contributed by atoms with E-state index in [1.807, 2.05) is 60.7 Å². The quantitative estimate of drug-likeness (QED) is 0.591. The number of amides is 2. The maximum Gasteiger partial charge on any atom is 0.270 e. The third-order valence-electron chi connectivity index (χ3n) is 5.54. The number of hydrogen-bond acceptors (Lipinski definition) is 6. The van der Waals surface area contributed by atoms with E-state index in [2.05, 4.69) is 15.6 Å². The molecule has 1 aliphatic heterocycles. The highest BCUT2D eigenvalue weighted by atomic mass is 16.5. The van der Waals surface area contributed by atoms with E-state index in [-0.39, 0.29) is 36.7 Å². The van der Waals surface area contributed by atoms with Gasteiger partial charge in [-0.1, -0.05) is 66.7 Å². The van der Waals surface area contributed by atoms with Crippen LogP contribution in [0.5, 0.6) is 0 Å². The van der Waals surface area contributed by atoms with Gasteiger partial charge in [-0.2, -0.15) is 0 Å². The predicted molar refractivity (Wildman–Crippen MR) is 130 cm³/mol. The van der Waals surface area contributed by atoms with Crippen LogP contribution in [0.1, 0.15) is 44.2 Å². The van der Waals surface area contributed by atoms with E-state index in [1.54, 1.807) is 18.2 Å². The summed E-state index contributed by atoms with van der Waals surface area (Å²) in [5, 5.41) is 5.95. The average molecular weight is 476 g/mol. The van der Waals surface area contributed by atoms with Gasteiger partial charge >= 0.3 is 0 Å². The third-order valence-corrected chi connectivity index (χ3v) is 5.54. The highest BCUT2D eigenvalue weighted by Gasteiger charge is 2.21. The van der Waals surface area contributed by atoms with Crippen molar-refractivity contribution in [3.8, 4) is 0 Å². The topological polar surface area (TPSA) is 98.8 Å². The molecule has 0 fully saturated rings. The van der Waals surface area contributed by atoms with Crippen molar-refractivity contribution in [1.82, 2.24) is 15.6 Å². The van der Waals surface area contributed by atoms with Crippen LogP contribution in [0.4, 0.5) is 0 Å². The molecular formula is C27H29N3O5. The van der Waals surface area contributed by atoms with Crippen LogP contribution in [0, 0.1) is 0 Å². The zero-order valence-corrected chi connectivity index (χ0v) is 19.4. The first kappa shape index (κ1) is 24.5. The molecule has 2 atom stereocenters. The molecule has 1 aromatic heterocycles. The van der Waals surface area contributed by atoms with Gasteiger partial charge in [0, 0.05) is 0 Å². The number of nitrogens with zero attached hydrogens (tertiary/aromatic N) is 1. The number of carbonyl (C=O) groups excluding carboxylic acids is 2. The lowest BCUT2D eigenvalue weighted by Gasteiger charge is -2.21. The highest BCUT2D eigenvalue weighted by molar-refractivity contribution is 5.96. The van der Waals surface area contributed by atoms with Crippen LogP contribution in [0.25, 0.3) is 0 Å². The molecule has 0 spiro atoms. The fourth-order valence-corrected chi connectivity index (χ4v) is 3.71. The molecule has 1 aliphatic rings. The number of aromatic nitrogens is 1. The maximum absolute atomic E-state index is 13.0. The van der Waals surface area contributed by atoms with Crippen molar-refractivity contribution in [3.05, 3.63) is 101 Å². The fourth-order valence-electron chi connectivity index (χ4n) is 3.71. The van der Waals surface area contributed by atoms with Crippen LogP contribution in [0.2, 0.25) is 0 Å². The molecule has 8 heteroatoms. The van der Waals surface area contributed by atoms with E-state index < -0.39 is 11.8 Å². The van der Waals surface area contributed by atoms with E-state index in [4.69, 9.17) is 14.2 Å². The molecule has 182 valence electrons. The summed E-state index contributed by atoms with van der Waals surface area (Å²) in [4.78, 5) is 30.4. The summed E-state index contributed by atoms with van der Waals surface area (Å²) in [6.07, 6.45) is 0. The molecule has 0 unspecified atom stereocenters. The first-order chi connectivity index (χ1) is 17.2. The van der Waals surface area contributed by atoms with Crippen LogP contribution in [0.3, 0.4) is 0 Å². The van der Waals surface area contributed by atoms with Crippen LogP contribution in [0.15, 0.2) is 78.9 Å². The Labute approximate surface area is 204 Å². The molecular weight excluding hydrogens is 446 g/mol. The minimum atomic E-state index is -0.391. The van der Waals surface area contributed by atoms with Crippen molar-refractivity contribution in [2.24, 2.45) is 0 Å². The van der Waals surface area contributed by atoms with Gasteiger partial charge in [-0.05, 0) is 23.3 Å². The second kappa shape index (κ2) is 12.8. The predicted octanol–water partition coefficient (Wildman–Crippen LogP) is 3.09. The van der Waals surface area contributed by atoms with Gasteiger partial charge in [0.2, 0.25) is 0 Å². The Bertz CT molecular complexity index is 1010. The molecule has 2 heterocycles. The Morgan fingerprint density at radius 2 is 1.00 bits per heavy atom. The van der Waals surface area contributed by atoms with Crippen molar-refractivity contribution in [2.75, 3.05) is 39.6 Å². The summed E-state index contributed by atoms with van der Waals surface area (Å²) in [5.41, 5.74) is 2.11. The lowest BCUT2D eigenvalue weighted by Crippen LogP contribution is -2.34. The van der Waals surface area contributed by atoms with E-state index in [9.17, 15) is 9.59 Å². The second-order valence-electron chi connectivity index (χ2n) is 8.04. The lowest BCUT2D eigenvalue weighted by molar-refractivity contribution is 0.00654. The van der Waals surface area contributed by atoms with E-state index in [1.165, 1.54) is 0 Å². The Hall–Kier alpha value is -3.59. The number of hydrogen-bond donors (Lipinski definition) is 2. The summed E-state index contributed by atoms with van der Waals surface area (Å²) >= 11 is 0. The van der Waals surface area contributed by atoms with Crippen LogP contribution >= 0.6 is 0 Å². The SMILES string of the molecule is O=C1N[C@@H](c2ccccc2)COCCOCCOC[C@H](c2ccccc2)NC(=O)c2cccc1n2. The monoisotopic (exact) mass is 475 g/mol. The van der Waals surface area contributed by atoms with Crippen molar-refractivity contribution >= 4 is 11.8 Å². The van der Waals surface area contributed by atoms with Gasteiger partial charge in [0.1, 0.15) is 11.4 Å². The van der Waals surface area contributed by atoms with Gasteiger partial charge in [0.05, 0.1) is 51.7 Å². The normalized spacial score (nSPS) is 20.7. The summed E-state index contributed by atoms with van der Waals surface area (Å²) in [7, 11) is 0. The molecule has 2 N–H and O–H groups in total. The summed E-state index contributed by atoms with van der Waals surface area (Å²) in [6.45, 7) is 2.12. The maximum atomic E-state index is 13.0. The van der Waals surface area contributed by atoms with Crippen LogP contribution in [-0.4, -0.2) is 56.4 Å². The molecule has 0 saturated heterocycles. The zero-order chi connectivity index (χ0) is 24.3. The molecule has 35 heavy (non-hydrogen) atoms. The van der Waals surface area contributed by atoms with Crippen molar-refractivity contribution < 1.29 is 23.8 Å². The van der Waals surface area contributed by atoms with E-state index in [0.29, 0.717) is 26.4 Å². The van der Waals surface area contributed by atoms with Gasteiger partial charge < -0.3 is 24.8 Å². The molecule has 4 rings (SSSR count). The summed E-state index contributed by atoms with van der Waals surface area (Å²) < 4.78 is 17.2. The number of nitrogens with one attached hydrogen (secondary N) is 2. The Kier molecular flexibility index (Phi) is 8.94.